The third kappa shape index (κ3) is 2.48. The fourth-order valence-corrected chi connectivity index (χ4v) is 1.06. The lowest BCUT2D eigenvalue weighted by atomic mass is 10.5. The van der Waals surface area contributed by atoms with Gasteiger partial charge in [-0.2, -0.15) is 0 Å². The van der Waals surface area contributed by atoms with Crippen LogP contribution < -0.4 is 10.7 Å². The highest BCUT2D eigenvalue weighted by Gasteiger charge is 2.07. The van der Waals surface area contributed by atoms with Crippen LogP contribution in [0.2, 0.25) is 0 Å². The molecule has 1 rings (SSSR count). The maximum atomic E-state index is 5.65. The van der Waals surface area contributed by atoms with Gasteiger partial charge in [-0.1, -0.05) is 11.6 Å². The van der Waals surface area contributed by atoms with E-state index in [0.717, 1.165) is 11.2 Å². The molecule has 0 atom stereocenters. The van der Waals surface area contributed by atoms with Crippen LogP contribution in [0.4, 0.5) is 0 Å². The molecule has 0 saturated heterocycles. The lowest BCUT2D eigenvalue weighted by Gasteiger charge is -2.17. The predicted octanol–water partition coefficient (Wildman–Crippen LogP) is 0.964. The quantitative estimate of drug-likeness (QED) is 0.483. The van der Waals surface area contributed by atoms with E-state index in [0.29, 0.717) is 11.0 Å². The number of nitrogens with one attached hydrogen (secondary N) is 2. The third-order valence-corrected chi connectivity index (χ3v) is 1.37. The lowest BCUT2D eigenvalue weighted by molar-refractivity contribution is 0.402. The number of halogens is 2. The number of hydrogen-bond donors (Lipinski definition) is 2. The van der Waals surface area contributed by atoms with Crippen molar-refractivity contribution in [2.45, 2.75) is 6.92 Å². The van der Waals surface area contributed by atoms with E-state index in [2.05, 4.69) is 15.8 Å². The number of hydrazine groups is 1. The molecule has 0 radical (unpaired) electrons. The first-order chi connectivity index (χ1) is 5.22. The Morgan fingerprint density at radius 3 is 3.09 bits per heavy atom. The highest BCUT2D eigenvalue weighted by Crippen LogP contribution is 2.06. The van der Waals surface area contributed by atoms with Crippen LogP contribution >= 0.6 is 23.4 Å². The zero-order valence-corrected chi connectivity index (χ0v) is 7.45. The summed E-state index contributed by atoms with van der Waals surface area (Å²) < 4.78 is 1.03. The Labute approximate surface area is 74.9 Å². The summed E-state index contributed by atoms with van der Waals surface area (Å²) >= 11 is 11.2. The summed E-state index contributed by atoms with van der Waals surface area (Å²) in [7, 11) is 0. The summed E-state index contributed by atoms with van der Waals surface area (Å²) in [5.41, 5.74) is 2.57. The van der Waals surface area contributed by atoms with Gasteiger partial charge in [0.2, 0.25) is 0 Å². The van der Waals surface area contributed by atoms with E-state index in [-0.39, 0.29) is 0 Å². The fourth-order valence-electron chi connectivity index (χ4n) is 0.656. The molecule has 0 aliphatic carbocycles. The SMILES string of the molecule is CCNC1=NN(Cl)NC(Cl)=C1. The van der Waals surface area contributed by atoms with Gasteiger partial charge in [0.1, 0.15) is 5.16 Å². The Morgan fingerprint density at radius 2 is 2.55 bits per heavy atom. The van der Waals surface area contributed by atoms with Crippen molar-refractivity contribution in [3.63, 3.8) is 0 Å². The molecule has 0 amide bonds. The van der Waals surface area contributed by atoms with E-state index < -0.39 is 0 Å². The molecular weight excluding hydrogens is 187 g/mol. The first-order valence-electron chi connectivity index (χ1n) is 3.14. The standard InChI is InChI=1S/C5H8Cl2N4/c1-2-8-5-3-4(6)9-11(7)10-5/h3,9H,2H2,1H3,(H,8,10). The highest BCUT2D eigenvalue weighted by molar-refractivity contribution is 6.31. The van der Waals surface area contributed by atoms with Crippen molar-refractivity contribution in [1.29, 1.82) is 0 Å². The molecule has 0 saturated carbocycles. The molecule has 1 aliphatic heterocycles. The Hall–Kier alpha value is -0.610. The van der Waals surface area contributed by atoms with Crippen LogP contribution in [0.25, 0.3) is 0 Å². The maximum Gasteiger partial charge on any atom is 0.152 e. The van der Waals surface area contributed by atoms with Gasteiger partial charge in [-0.3, -0.25) is 5.43 Å². The zero-order valence-electron chi connectivity index (χ0n) is 5.93. The molecule has 0 aromatic rings. The Balaban J connectivity index is 2.62. The summed E-state index contributed by atoms with van der Waals surface area (Å²) in [6, 6.07) is 0. The summed E-state index contributed by atoms with van der Waals surface area (Å²) in [6.07, 6.45) is 1.66. The normalized spacial score (nSPS) is 16.8. The number of likely N-dealkylation sites (N-methyl/N-ethyl adjacent to an activating group) is 1. The minimum absolute atomic E-state index is 0.436. The summed E-state index contributed by atoms with van der Waals surface area (Å²) in [5, 5.41) is 7.26. The van der Waals surface area contributed by atoms with Gasteiger partial charge >= 0.3 is 0 Å². The van der Waals surface area contributed by atoms with Gasteiger partial charge in [0.05, 0.1) is 11.8 Å². The van der Waals surface area contributed by atoms with Crippen molar-refractivity contribution in [3.05, 3.63) is 11.2 Å². The molecule has 6 heteroatoms. The molecule has 0 aromatic carbocycles. The molecule has 0 aromatic heterocycles. The van der Waals surface area contributed by atoms with Gasteiger partial charge < -0.3 is 5.32 Å². The van der Waals surface area contributed by atoms with Crippen LogP contribution in [0.1, 0.15) is 6.92 Å². The van der Waals surface area contributed by atoms with Gasteiger partial charge in [0.25, 0.3) is 0 Å². The third-order valence-electron chi connectivity index (χ3n) is 1.02. The number of amidine groups is 1. The van der Waals surface area contributed by atoms with Gasteiger partial charge in [-0.05, 0) is 6.92 Å². The lowest BCUT2D eigenvalue weighted by Crippen LogP contribution is -2.33. The topological polar surface area (TPSA) is 39.7 Å². The fraction of sp³-hybridized carbons (Fsp3) is 0.400. The number of nitrogens with zero attached hydrogens (tertiary/aromatic N) is 2. The number of hydrogen-bond acceptors (Lipinski definition) is 4. The molecule has 0 spiro atoms. The van der Waals surface area contributed by atoms with Gasteiger partial charge in [0.15, 0.2) is 5.84 Å². The molecule has 1 aliphatic rings. The average molecular weight is 195 g/mol. The Bertz CT molecular complexity index is 201. The Kier molecular flexibility index (Phi) is 2.84. The average Bonchev–Trinajstić information content (AvgIpc) is 1.85. The van der Waals surface area contributed by atoms with Crippen LogP contribution in [0.5, 0.6) is 0 Å². The van der Waals surface area contributed by atoms with E-state index in [4.69, 9.17) is 23.4 Å². The second kappa shape index (κ2) is 3.69. The van der Waals surface area contributed by atoms with Crippen LogP contribution in [0.3, 0.4) is 0 Å². The van der Waals surface area contributed by atoms with Crippen molar-refractivity contribution in [3.8, 4) is 0 Å². The largest absolute Gasteiger partial charge is 0.369 e. The second-order valence-corrected chi connectivity index (χ2v) is 2.61. The van der Waals surface area contributed by atoms with E-state index >= 15 is 0 Å². The van der Waals surface area contributed by atoms with Crippen LogP contribution in [-0.2, 0) is 0 Å². The highest BCUT2D eigenvalue weighted by atomic mass is 35.5. The summed E-state index contributed by atoms with van der Waals surface area (Å²) in [5.74, 6) is 0.645. The van der Waals surface area contributed by atoms with Crippen LogP contribution in [-0.4, -0.2) is 17.0 Å². The Morgan fingerprint density at radius 1 is 1.82 bits per heavy atom. The molecule has 1 heterocycles. The number of hydrazone groups is 1. The monoisotopic (exact) mass is 194 g/mol. The van der Waals surface area contributed by atoms with Crippen LogP contribution in [0.15, 0.2) is 16.3 Å². The van der Waals surface area contributed by atoms with Gasteiger partial charge in [0, 0.05) is 12.6 Å². The zero-order chi connectivity index (χ0) is 8.27. The van der Waals surface area contributed by atoms with E-state index in [1.54, 1.807) is 6.08 Å². The second-order valence-electron chi connectivity index (χ2n) is 1.88. The molecule has 62 valence electrons. The maximum absolute atomic E-state index is 5.65. The molecule has 11 heavy (non-hydrogen) atoms. The van der Waals surface area contributed by atoms with E-state index in [1.165, 1.54) is 0 Å². The molecule has 0 unspecified atom stereocenters. The van der Waals surface area contributed by atoms with Crippen molar-refractivity contribution < 1.29 is 0 Å². The smallest absolute Gasteiger partial charge is 0.152 e. The summed E-state index contributed by atoms with van der Waals surface area (Å²) in [4.78, 5) is 0. The van der Waals surface area contributed by atoms with Crippen molar-refractivity contribution in [1.82, 2.24) is 15.4 Å². The molecule has 0 bridgehead atoms. The van der Waals surface area contributed by atoms with E-state index in [1.807, 2.05) is 6.92 Å². The van der Waals surface area contributed by atoms with Gasteiger partial charge in [-0.15, -0.1) is 9.74 Å². The minimum Gasteiger partial charge on any atom is -0.369 e. The molecule has 2 N–H and O–H groups in total. The molecule has 0 fully saturated rings. The molecule has 4 nitrogen and oxygen atoms in total. The van der Waals surface area contributed by atoms with Crippen LogP contribution in [0, 0.1) is 0 Å². The summed E-state index contributed by atoms with van der Waals surface area (Å²) in [6.45, 7) is 2.75. The van der Waals surface area contributed by atoms with Crippen molar-refractivity contribution in [2.24, 2.45) is 5.10 Å². The first-order valence-corrected chi connectivity index (χ1v) is 3.86. The minimum atomic E-state index is 0.436. The molecular formula is C5H8Cl2N4. The van der Waals surface area contributed by atoms with E-state index in [9.17, 15) is 0 Å². The predicted molar refractivity (Wildman–Crippen MR) is 45.9 cm³/mol. The first kappa shape index (κ1) is 8.49. The van der Waals surface area contributed by atoms with Crippen molar-refractivity contribution >= 4 is 29.2 Å². The van der Waals surface area contributed by atoms with Crippen molar-refractivity contribution in [2.75, 3.05) is 6.54 Å². The number of rotatable bonds is 1. The van der Waals surface area contributed by atoms with Gasteiger partial charge in [-0.25, -0.2) is 0 Å².